The summed E-state index contributed by atoms with van der Waals surface area (Å²) in [6.07, 6.45) is 0. The molecular formula is C5H8BrN3O3S. The molecule has 0 bridgehead atoms. The molecule has 2 N–H and O–H groups in total. The lowest BCUT2D eigenvalue weighted by atomic mass is 10.5. The fraction of sp³-hybridized carbons (Fsp3) is 0.400. The summed E-state index contributed by atoms with van der Waals surface area (Å²) in [4.78, 5) is 0. The van der Waals surface area contributed by atoms with Gasteiger partial charge in [0, 0.05) is 7.05 Å². The van der Waals surface area contributed by atoms with Crippen LogP contribution in [0.3, 0.4) is 0 Å². The standard InChI is InChI=1S/C5H8BrN3O3S/c1-9-4(2-5(6)8-9)3-12-13(7,10)11/h2H,3H2,1H3,(H2,7,10,11). The molecule has 0 fully saturated rings. The molecule has 1 heterocycles. The highest BCUT2D eigenvalue weighted by atomic mass is 79.9. The van der Waals surface area contributed by atoms with Crippen molar-refractivity contribution in [3.63, 3.8) is 0 Å². The highest BCUT2D eigenvalue weighted by Gasteiger charge is 2.07. The average molecular weight is 270 g/mol. The SMILES string of the molecule is Cn1nc(Br)cc1COS(N)(=O)=O. The van der Waals surface area contributed by atoms with Crippen molar-refractivity contribution in [2.75, 3.05) is 0 Å². The second-order valence-corrected chi connectivity index (χ2v) is 4.37. The summed E-state index contributed by atoms with van der Waals surface area (Å²) in [5, 5.41) is 8.58. The van der Waals surface area contributed by atoms with E-state index in [0.717, 1.165) is 0 Å². The summed E-state index contributed by atoms with van der Waals surface area (Å²) >= 11 is 3.14. The Morgan fingerprint density at radius 3 is 2.77 bits per heavy atom. The van der Waals surface area contributed by atoms with Crippen molar-refractivity contribution in [3.8, 4) is 0 Å². The predicted octanol–water partition coefficient (Wildman–Crippen LogP) is -0.0973. The average Bonchev–Trinajstić information content (AvgIpc) is 2.24. The van der Waals surface area contributed by atoms with Crippen LogP contribution in [0.2, 0.25) is 0 Å². The topological polar surface area (TPSA) is 87.2 Å². The van der Waals surface area contributed by atoms with Gasteiger partial charge in [0.15, 0.2) is 0 Å². The lowest BCUT2D eigenvalue weighted by molar-refractivity contribution is 0.298. The summed E-state index contributed by atoms with van der Waals surface area (Å²) in [6.45, 7) is -0.117. The third-order valence-corrected chi connectivity index (χ3v) is 2.15. The first-order valence-electron chi connectivity index (χ1n) is 3.24. The van der Waals surface area contributed by atoms with Gasteiger partial charge >= 0.3 is 10.3 Å². The van der Waals surface area contributed by atoms with E-state index >= 15 is 0 Å². The first-order valence-corrected chi connectivity index (χ1v) is 5.50. The largest absolute Gasteiger partial charge is 0.333 e. The smallest absolute Gasteiger partial charge is 0.269 e. The molecule has 1 aromatic heterocycles. The van der Waals surface area contributed by atoms with Gasteiger partial charge < -0.3 is 0 Å². The number of hydrogen-bond acceptors (Lipinski definition) is 4. The highest BCUT2D eigenvalue weighted by Crippen LogP contribution is 2.10. The number of hydrogen-bond donors (Lipinski definition) is 1. The Bertz CT molecular complexity index is 399. The van der Waals surface area contributed by atoms with Crippen LogP contribution in [0.15, 0.2) is 10.7 Å². The number of nitrogens with zero attached hydrogens (tertiary/aromatic N) is 2. The Hall–Kier alpha value is -0.440. The fourth-order valence-electron chi connectivity index (χ4n) is 0.745. The third-order valence-electron chi connectivity index (χ3n) is 1.32. The summed E-state index contributed by atoms with van der Waals surface area (Å²) < 4.78 is 27.4. The second-order valence-electron chi connectivity index (χ2n) is 2.34. The number of aromatic nitrogens is 2. The van der Waals surface area contributed by atoms with E-state index in [1.807, 2.05) is 0 Å². The summed E-state index contributed by atoms with van der Waals surface area (Å²) in [6, 6.07) is 1.64. The van der Waals surface area contributed by atoms with E-state index in [1.54, 1.807) is 13.1 Å². The van der Waals surface area contributed by atoms with E-state index in [-0.39, 0.29) is 6.61 Å². The predicted molar refractivity (Wildman–Crippen MR) is 48.8 cm³/mol. The molecule has 1 aromatic rings. The normalized spacial score (nSPS) is 11.9. The van der Waals surface area contributed by atoms with Crippen LogP contribution >= 0.6 is 15.9 Å². The minimum absolute atomic E-state index is 0.117. The van der Waals surface area contributed by atoms with Crippen LogP contribution in [-0.4, -0.2) is 18.2 Å². The molecule has 0 radical (unpaired) electrons. The number of aryl methyl sites for hydroxylation is 1. The van der Waals surface area contributed by atoms with E-state index < -0.39 is 10.3 Å². The molecule has 1 rings (SSSR count). The Morgan fingerprint density at radius 1 is 1.77 bits per heavy atom. The summed E-state index contributed by atoms with van der Waals surface area (Å²) in [5.41, 5.74) is 0.612. The highest BCUT2D eigenvalue weighted by molar-refractivity contribution is 9.10. The molecule has 0 aliphatic carbocycles. The molecule has 0 unspecified atom stereocenters. The van der Waals surface area contributed by atoms with E-state index in [2.05, 4.69) is 30.4 Å². The van der Waals surface area contributed by atoms with Gasteiger partial charge in [-0.15, -0.1) is 0 Å². The summed E-state index contributed by atoms with van der Waals surface area (Å²) in [7, 11) is -2.21. The third kappa shape index (κ3) is 3.43. The number of nitrogens with two attached hydrogens (primary N) is 1. The van der Waals surface area contributed by atoms with Crippen molar-refractivity contribution in [1.82, 2.24) is 9.78 Å². The van der Waals surface area contributed by atoms with Gasteiger partial charge in [-0.2, -0.15) is 13.5 Å². The maximum Gasteiger partial charge on any atom is 0.333 e. The Labute approximate surface area is 84.1 Å². The van der Waals surface area contributed by atoms with E-state index in [4.69, 9.17) is 0 Å². The van der Waals surface area contributed by atoms with Gasteiger partial charge in [-0.05, 0) is 22.0 Å². The maximum absolute atomic E-state index is 10.4. The van der Waals surface area contributed by atoms with Crippen LogP contribution in [0, 0.1) is 0 Å². The van der Waals surface area contributed by atoms with E-state index in [0.29, 0.717) is 10.3 Å². The lowest BCUT2D eigenvalue weighted by Gasteiger charge is -2.00. The molecule has 8 heteroatoms. The minimum atomic E-state index is -3.89. The molecule has 0 saturated heterocycles. The van der Waals surface area contributed by atoms with Crippen molar-refractivity contribution in [3.05, 3.63) is 16.4 Å². The van der Waals surface area contributed by atoms with Crippen LogP contribution in [0.5, 0.6) is 0 Å². The van der Waals surface area contributed by atoms with Crippen molar-refractivity contribution in [2.24, 2.45) is 12.2 Å². The Kier molecular flexibility index (Phi) is 3.06. The van der Waals surface area contributed by atoms with E-state index in [9.17, 15) is 8.42 Å². The molecule has 0 saturated carbocycles. The van der Waals surface area contributed by atoms with Gasteiger partial charge in [0.2, 0.25) is 0 Å². The molecular weight excluding hydrogens is 262 g/mol. The zero-order valence-corrected chi connectivity index (χ0v) is 9.17. The molecule has 0 spiro atoms. The van der Waals surface area contributed by atoms with Crippen LogP contribution < -0.4 is 5.14 Å². The number of halogens is 1. The van der Waals surface area contributed by atoms with Crippen LogP contribution in [0.1, 0.15) is 5.69 Å². The van der Waals surface area contributed by atoms with E-state index in [1.165, 1.54) is 4.68 Å². The molecule has 0 amide bonds. The second kappa shape index (κ2) is 3.74. The first-order chi connectivity index (χ1) is 5.88. The van der Waals surface area contributed by atoms with Gasteiger partial charge in [-0.25, -0.2) is 5.14 Å². The molecule has 0 aliphatic rings. The number of rotatable bonds is 3. The quantitative estimate of drug-likeness (QED) is 0.831. The molecule has 6 nitrogen and oxygen atoms in total. The van der Waals surface area contributed by atoms with Gasteiger partial charge in [-0.3, -0.25) is 8.86 Å². The zero-order valence-electron chi connectivity index (χ0n) is 6.77. The van der Waals surface area contributed by atoms with Gasteiger partial charge in [0.05, 0.1) is 5.69 Å². The zero-order chi connectivity index (χ0) is 10.1. The monoisotopic (exact) mass is 269 g/mol. The van der Waals surface area contributed by atoms with Gasteiger partial charge in [0.25, 0.3) is 0 Å². The molecule has 0 aliphatic heterocycles. The van der Waals surface area contributed by atoms with Crippen LogP contribution in [0.25, 0.3) is 0 Å². The van der Waals surface area contributed by atoms with Gasteiger partial charge in [-0.1, -0.05) is 0 Å². The lowest BCUT2D eigenvalue weighted by Crippen LogP contribution is -2.16. The van der Waals surface area contributed by atoms with Crippen molar-refractivity contribution < 1.29 is 12.6 Å². The van der Waals surface area contributed by atoms with Crippen molar-refractivity contribution in [2.45, 2.75) is 6.61 Å². The summed E-state index contributed by atoms with van der Waals surface area (Å²) in [5.74, 6) is 0. The van der Waals surface area contributed by atoms with Crippen molar-refractivity contribution >= 4 is 26.2 Å². The molecule has 13 heavy (non-hydrogen) atoms. The Morgan fingerprint density at radius 2 is 2.38 bits per heavy atom. The fourth-order valence-corrected chi connectivity index (χ4v) is 1.53. The molecule has 0 aromatic carbocycles. The van der Waals surface area contributed by atoms with Crippen LogP contribution in [-0.2, 0) is 28.1 Å². The Balaban J connectivity index is 2.70. The first kappa shape index (κ1) is 10.6. The van der Waals surface area contributed by atoms with Crippen molar-refractivity contribution in [1.29, 1.82) is 0 Å². The molecule has 74 valence electrons. The molecule has 0 atom stereocenters. The van der Waals surface area contributed by atoms with Gasteiger partial charge in [0.1, 0.15) is 11.2 Å². The maximum atomic E-state index is 10.4. The van der Waals surface area contributed by atoms with Crippen LogP contribution in [0.4, 0.5) is 0 Å². The minimum Gasteiger partial charge on any atom is -0.269 e.